The Morgan fingerprint density at radius 2 is 1.20 bits per heavy atom. The topological polar surface area (TPSA) is 45.6 Å². The normalized spacial score (nSPS) is 3.60. The molecule has 0 atom stereocenters. The van der Waals surface area contributed by atoms with Gasteiger partial charge in [0, 0.05) is 19.5 Å². The van der Waals surface area contributed by atoms with E-state index in [4.69, 9.17) is 0 Å². The van der Waals surface area contributed by atoms with Gasteiger partial charge in [-0.3, -0.25) is 0 Å². The van der Waals surface area contributed by atoms with Crippen molar-refractivity contribution in [3.05, 3.63) is 5.32 Å². The van der Waals surface area contributed by atoms with Crippen molar-refractivity contribution in [3.63, 3.8) is 0 Å². The zero-order valence-corrected chi connectivity index (χ0v) is 6.62. The first-order chi connectivity index (χ1) is 1.41. The second kappa shape index (κ2) is 23.9. The number of hydrogen-bond donors (Lipinski definition) is 0. The van der Waals surface area contributed by atoms with Crippen LogP contribution >= 0.6 is 0 Å². The monoisotopic (exact) mass is 126 g/mol. The summed E-state index contributed by atoms with van der Waals surface area (Å²) in [5, 5.41) is 3.50. The fourth-order valence-corrected chi connectivity index (χ4v) is 0. The van der Waals surface area contributed by atoms with E-state index in [1.165, 1.54) is 0 Å². The van der Waals surface area contributed by atoms with Gasteiger partial charge in [0.2, 0.25) is 0 Å². The van der Waals surface area contributed by atoms with Crippen molar-refractivity contribution in [1.82, 2.24) is 0 Å². The fourth-order valence-electron chi connectivity index (χ4n) is 0. The molecule has 0 unspecified atom stereocenters. The van der Waals surface area contributed by atoms with E-state index in [1.54, 1.807) is 14.1 Å². The van der Waals surface area contributed by atoms with Gasteiger partial charge in [-0.25, -0.2) is 0 Å². The van der Waals surface area contributed by atoms with Gasteiger partial charge in [0.15, 0.2) is 0 Å². The van der Waals surface area contributed by atoms with Crippen molar-refractivity contribution in [2.75, 3.05) is 14.1 Å². The van der Waals surface area contributed by atoms with Crippen LogP contribution in [0, 0.1) is 0 Å². The molecule has 0 heterocycles. The van der Waals surface area contributed by atoms with Gasteiger partial charge in [0.25, 0.3) is 0 Å². The molecule has 0 aliphatic carbocycles. The van der Waals surface area contributed by atoms with E-state index in [-0.39, 0.29) is 25.0 Å². The van der Waals surface area contributed by atoms with E-state index in [0.717, 1.165) is 0 Å². The Morgan fingerprint density at radius 1 is 1.20 bits per heavy atom. The van der Waals surface area contributed by atoms with Crippen LogP contribution in [0.4, 0.5) is 0 Å². The Kier molecular flexibility index (Phi) is 84.7. The molecule has 0 spiro atoms. The molecule has 0 fully saturated rings. The zero-order valence-electron chi connectivity index (χ0n) is 3.65. The number of rotatable bonds is 0. The van der Waals surface area contributed by atoms with Crippen molar-refractivity contribution >= 4 is 0 Å². The molecule has 3 heteroatoms. The quantitative estimate of drug-likeness (QED) is 0.405. The SMILES string of the molecule is C[N-]C.O.[Zn]. The molecule has 0 aromatic heterocycles. The van der Waals surface area contributed by atoms with Gasteiger partial charge in [-0.15, -0.1) is 0 Å². The molecule has 0 amide bonds. The second-order valence-electron chi connectivity index (χ2n) is 0.447. The minimum absolute atomic E-state index is 0. The molecular weight excluding hydrogens is 119 g/mol. The molecule has 0 saturated heterocycles. The van der Waals surface area contributed by atoms with E-state index in [1.807, 2.05) is 0 Å². The smallest absolute Gasteiger partial charge is 0 e. The van der Waals surface area contributed by atoms with Crippen LogP contribution in [-0.2, 0) is 19.5 Å². The third kappa shape index (κ3) is 99.5. The van der Waals surface area contributed by atoms with E-state index < -0.39 is 0 Å². The van der Waals surface area contributed by atoms with Crippen LogP contribution in [0.5, 0.6) is 0 Å². The van der Waals surface area contributed by atoms with Crippen LogP contribution in [0.25, 0.3) is 5.32 Å². The molecule has 0 radical (unpaired) electrons. The summed E-state index contributed by atoms with van der Waals surface area (Å²) in [4.78, 5) is 0. The predicted molar refractivity (Wildman–Crippen MR) is 18.8 cm³/mol. The summed E-state index contributed by atoms with van der Waals surface area (Å²) in [6, 6.07) is 0. The zero-order chi connectivity index (χ0) is 2.71. The summed E-state index contributed by atoms with van der Waals surface area (Å²) in [5.74, 6) is 0. The van der Waals surface area contributed by atoms with Gasteiger partial charge in [-0.1, -0.05) is 0 Å². The average Bonchev–Trinajstić information content (AvgIpc) is 0.918. The summed E-state index contributed by atoms with van der Waals surface area (Å²) in [5.41, 5.74) is 0. The molecule has 0 saturated carbocycles. The molecule has 0 aromatic rings. The molecule has 0 aliphatic heterocycles. The van der Waals surface area contributed by atoms with E-state index in [9.17, 15) is 0 Å². The third-order valence-corrected chi connectivity index (χ3v) is 0. The first kappa shape index (κ1) is 17.7. The number of nitrogens with zero attached hydrogens (tertiary/aromatic N) is 1. The largest absolute Gasteiger partial charge is 0.668 e. The summed E-state index contributed by atoms with van der Waals surface area (Å²) < 4.78 is 0. The standard InChI is InChI=1S/C2H6N.H2O.Zn/c1-3-2;;/h1-2H3;1H2;/q-1;;. The average molecular weight is 127 g/mol. The van der Waals surface area contributed by atoms with E-state index in [2.05, 4.69) is 5.32 Å². The van der Waals surface area contributed by atoms with Crippen LogP contribution in [0.1, 0.15) is 0 Å². The summed E-state index contributed by atoms with van der Waals surface area (Å²) in [6.45, 7) is 0. The third-order valence-electron chi connectivity index (χ3n) is 0. The van der Waals surface area contributed by atoms with Gasteiger partial charge >= 0.3 is 0 Å². The van der Waals surface area contributed by atoms with Gasteiger partial charge in [0.05, 0.1) is 0 Å². The van der Waals surface area contributed by atoms with Gasteiger partial charge in [-0.2, -0.15) is 14.1 Å². The molecule has 5 heavy (non-hydrogen) atoms. The van der Waals surface area contributed by atoms with Crippen molar-refractivity contribution in [1.29, 1.82) is 0 Å². The summed E-state index contributed by atoms with van der Waals surface area (Å²) >= 11 is 0. The maximum Gasteiger partial charge on any atom is 0 e. The van der Waals surface area contributed by atoms with Crippen LogP contribution in [-0.4, -0.2) is 19.6 Å². The molecule has 30 valence electrons. The summed E-state index contributed by atoms with van der Waals surface area (Å²) in [7, 11) is 3.50. The van der Waals surface area contributed by atoms with Crippen molar-refractivity contribution in [3.8, 4) is 0 Å². The maximum absolute atomic E-state index is 3.50. The first-order valence-electron chi connectivity index (χ1n) is 0.894. The van der Waals surface area contributed by atoms with Crippen molar-refractivity contribution < 1.29 is 25.0 Å². The predicted octanol–water partition coefficient (Wildman–Crippen LogP) is -0.207. The fraction of sp³-hybridized carbons (Fsp3) is 1.00. The number of hydrogen-bond acceptors (Lipinski definition) is 0. The van der Waals surface area contributed by atoms with Gasteiger partial charge in [-0.05, 0) is 0 Å². The molecule has 2 nitrogen and oxygen atoms in total. The molecular formula is C2H8NOZn-. The van der Waals surface area contributed by atoms with Crippen LogP contribution in [0.2, 0.25) is 0 Å². The molecule has 2 N–H and O–H groups in total. The van der Waals surface area contributed by atoms with E-state index in [0.29, 0.717) is 0 Å². The Morgan fingerprint density at radius 3 is 1.20 bits per heavy atom. The van der Waals surface area contributed by atoms with Gasteiger partial charge < -0.3 is 10.8 Å². The molecule has 0 bridgehead atoms. The molecule has 0 aliphatic rings. The molecule has 0 rings (SSSR count). The van der Waals surface area contributed by atoms with E-state index >= 15 is 0 Å². The Balaban J connectivity index is -0.0000000200. The minimum atomic E-state index is 0. The van der Waals surface area contributed by atoms with Crippen molar-refractivity contribution in [2.24, 2.45) is 0 Å². The van der Waals surface area contributed by atoms with Gasteiger partial charge in [0.1, 0.15) is 0 Å². The maximum atomic E-state index is 3.50. The summed E-state index contributed by atoms with van der Waals surface area (Å²) in [6.07, 6.45) is 0. The Hall–Kier alpha value is 0.543. The van der Waals surface area contributed by atoms with Crippen LogP contribution in [0.15, 0.2) is 0 Å². The van der Waals surface area contributed by atoms with Crippen molar-refractivity contribution in [2.45, 2.75) is 0 Å². The first-order valence-corrected chi connectivity index (χ1v) is 0.894. The van der Waals surface area contributed by atoms with Crippen LogP contribution < -0.4 is 0 Å². The second-order valence-corrected chi connectivity index (χ2v) is 0.447. The van der Waals surface area contributed by atoms with Crippen LogP contribution in [0.3, 0.4) is 0 Å². The molecule has 0 aromatic carbocycles. The Bertz CT molecular complexity index is 9.61. The minimum Gasteiger partial charge on any atom is -0.668 e. The Labute approximate surface area is 45.0 Å².